The first-order valence-corrected chi connectivity index (χ1v) is 15.9. The van der Waals surface area contributed by atoms with Gasteiger partial charge in [-0.05, 0) is 65.6 Å². The largest absolute Gasteiger partial charge is 0.497 e. The number of thiophene rings is 1. The first kappa shape index (κ1) is 29.5. The third-order valence-electron chi connectivity index (χ3n) is 7.07. The average molecular weight is 579 g/mol. The number of nitrogens with zero attached hydrogens (tertiary/aromatic N) is 2. The van der Waals surface area contributed by atoms with Gasteiger partial charge in [0.1, 0.15) is 5.75 Å². The average Bonchev–Trinajstić information content (AvgIpc) is 3.47. The number of aliphatic hydroxyl groups excluding tert-OH is 1. The van der Waals surface area contributed by atoms with Crippen molar-refractivity contribution in [2.24, 2.45) is 0 Å². The summed E-state index contributed by atoms with van der Waals surface area (Å²) in [7, 11) is -2.34. The summed E-state index contributed by atoms with van der Waals surface area (Å²) in [6.45, 7) is 1.10. The van der Waals surface area contributed by atoms with Gasteiger partial charge in [-0.3, -0.25) is 4.79 Å². The Morgan fingerprint density at radius 3 is 2.46 bits per heavy atom. The Morgan fingerprint density at radius 2 is 1.82 bits per heavy atom. The van der Waals surface area contributed by atoms with Crippen LogP contribution in [0.3, 0.4) is 0 Å². The molecule has 0 aliphatic carbocycles. The maximum absolute atomic E-state index is 13.4. The molecule has 4 rings (SSSR count). The van der Waals surface area contributed by atoms with Crippen molar-refractivity contribution in [1.82, 2.24) is 9.21 Å². The van der Waals surface area contributed by atoms with Crippen molar-refractivity contribution in [3.05, 3.63) is 58.5 Å². The summed E-state index contributed by atoms with van der Waals surface area (Å²) >= 11 is 1.60. The molecule has 2 unspecified atom stereocenters. The Hall–Kier alpha value is -2.44. The lowest BCUT2D eigenvalue weighted by Gasteiger charge is -2.32. The van der Waals surface area contributed by atoms with Crippen molar-refractivity contribution >= 4 is 27.3 Å². The molecule has 0 saturated carbocycles. The molecule has 2 aliphatic heterocycles. The zero-order chi connectivity index (χ0) is 27.7. The molecule has 1 N–H and O–H groups in total. The minimum Gasteiger partial charge on any atom is -0.497 e. The summed E-state index contributed by atoms with van der Waals surface area (Å²) in [5, 5.41) is 13.6. The van der Waals surface area contributed by atoms with E-state index in [1.54, 1.807) is 23.5 Å². The van der Waals surface area contributed by atoms with E-state index in [1.807, 2.05) is 22.4 Å². The monoisotopic (exact) mass is 578 g/mol. The van der Waals surface area contributed by atoms with Gasteiger partial charge in [-0.25, -0.2) is 8.42 Å². The number of hydrogen-bond acceptors (Lipinski definition) is 8. The van der Waals surface area contributed by atoms with E-state index in [0.29, 0.717) is 31.0 Å². The van der Waals surface area contributed by atoms with Gasteiger partial charge < -0.3 is 24.2 Å². The van der Waals surface area contributed by atoms with E-state index in [4.69, 9.17) is 14.2 Å². The van der Waals surface area contributed by atoms with Gasteiger partial charge in [0, 0.05) is 38.5 Å². The lowest BCUT2D eigenvalue weighted by molar-refractivity contribution is -0.153. The smallest absolute Gasteiger partial charge is 0.288 e. The van der Waals surface area contributed by atoms with E-state index in [2.05, 4.69) is 5.38 Å². The first-order valence-electron chi connectivity index (χ1n) is 13.5. The highest BCUT2D eigenvalue weighted by Crippen LogP contribution is 2.33. The number of rotatable bonds is 11. The number of methoxy groups -OCH3 is 1. The molecule has 0 bridgehead atoms. The fourth-order valence-electron chi connectivity index (χ4n) is 4.88. The van der Waals surface area contributed by atoms with Crippen LogP contribution >= 0.6 is 11.3 Å². The zero-order valence-electron chi connectivity index (χ0n) is 22.4. The Labute approximate surface area is 235 Å². The lowest BCUT2D eigenvalue weighted by Crippen LogP contribution is -2.39. The van der Waals surface area contributed by atoms with E-state index in [0.717, 1.165) is 31.2 Å². The van der Waals surface area contributed by atoms with Gasteiger partial charge in [-0.2, -0.15) is 15.6 Å². The predicted molar refractivity (Wildman–Crippen MR) is 149 cm³/mol. The molecule has 214 valence electrons. The quantitative estimate of drug-likeness (QED) is 0.430. The third-order valence-corrected chi connectivity index (χ3v) is 9.69. The van der Waals surface area contributed by atoms with Gasteiger partial charge in [0.2, 0.25) is 16.3 Å². The maximum Gasteiger partial charge on any atom is 0.288 e. The van der Waals surface area contributed by atoms with Crippen LogP contribution in [0.4, 0.5) is 0 Å². The highest BCUT2D eigenvalue weighted by molar-refractivity contribution is 7.89. The van der Waals surface area contributed by atoms with Crippen LogP contribution in [0.1, 0.15) is 50.0 Å². The fraction of sp³-hybridized carbons (Fsp3) is 0.536. The van der Waals surface area contributed by atoms with Crippen molar-refractivity contribution in [3.8, 4) is 5.75 Å². The predicted octanol–water partition coefficient (Wildman–Crippen LogP) is 3.96. The van der Waals surface area contributed by atoms with Gasteiger partial charge >= 0.3 is 0 Å². The molecule has 1 saturated heterocycles. The summed E-state index contributed by atoms with van der Waals surface area (Å²) in [4.78, 5) is 15.4. The number of allylic oxidation sites excluding steroid dienone is 1. The zero-order valence-corrected chi connectivity index (χ0v) is 24.0. The molecule has 1 aromatic carbocycles. The fourth-order valence-corrected chi connectivity index (χ4v) is 7.02. The second-order valence-electron chi connectivity index (χ2n) is 9.71. The Bertz CT molecular complexity index is 1180. The molecule has 0 radical (unpaired) electrons. The highest BCUT2D eigenvalue weighted by Gasteiger charge is 2.32. The van der Waals surface area contributed by atoms with Crippen LogP contribution in [0.15, 0.2) is 57.8 Å². The van der Waals surface area contributed by atoms with Crippen LogP contribution in [-0.2, 0) is 24.3 Å². The van der Waals surface area contributed by atoms with Crippen molar-refractivity contribution in [2.45, 2.75) is 55.6 Å². The third kappa shape index (κ3) is 7.82. The van der Waals surface area contributed by atoms with Gasteiger partial charge in [-0.1, -0.05) is 19.3 Å². The summed E-state index contributed by atoms with van der Waals surface area (Å²) in [6, 6.07) is 8.15. The molecular formula is C28H38N2O7S2. The number of likely N-dealkylation sites (tertiary alicyclic amines) is 1. The standard InChI is InChI=1S/C28H38N2O7S2/c1-35-24-7-9-25(10-8-24)39(33,34)30(14-16-31)15-17-36-27-20-23(22-11-18-38-21-22)19-26(37-27)28(32)29-12-5-3-2-4-6-13-29/h7-11,18-19,21,23,27,31H,2-6,12-17,20H2,1H3. The molecule has 39 heavy (non-hydrogen) atoms. The SMILES string of the molecule is COc1ccc(S(=O)(=O)N(CCO)CCOC2CC(c3ccsc3)C=C(C(=O)N3CCCCCCC3)O2)cc1. The van der Waals surface area contributed by atoms with Gasteiger partial charge in [-0.15, -0.1) is 0 Å². The number of ether oxygens (including phenoxy) is 3. The van der Waals surface area contributed by atoms with Crippen LogP contribution in [-0.4, -0.2) is 81.4 Å². The van der Waals surface area contributed by atoms with Crippen molar-refractivity contribution in [2.75, 3.05) is 46.5 Å². The molecule has 1 fully saturated rings. The first-order chi connectivity index (χ1) is 18.9. The Morgan fingerprint density at radius 1 is 1.10 bits per heavy atom. The second kappa shape index (κ2) is 14.3. The van der Waals surface area contributed by atoms with Gasteiger partial charge in [0.05, 0.1) is 25.2 Å². The summed E-state index contributed by atoms with van der Waals surface area (Å²) < 4.78 is 44.8. The minimum absolute atomic E-state index is 0.0248. The maximum atomic E-state index is 13.4. The highest BCUT2D eigenvalue weighted by atomic mass is 32.2. The molecule has 9 nitrogen and oxygen atoms in total. The molecule has 2 aromatic rings. The van der Waals surface area contributed by atoms with Gasteiger partial charge in [0.15, 0.2) is 5.76 Å². The van der Waals surface area contributed by atoms with E-state index in [-0.39, 0.29) is 43.0 Å². The normalized spacial score (nSPS) is 20.6. The molecule has 2 aliphatic rings. The second-order valence-corrected chi connectivity index (χ2v) is 12.4. The summed E-state index contributed by atoms with van der Waals surface area (Å²) in [5.41, 5.74) is 1.10. The molecule has 1 amide bonds. The summed E-state index contributed by atoms with van der Waals surface area (Å²) in [5.74, 6) is 0.686. The van der Waals surface area contributed by atoms with Crippen molar-refractivity contribution in [3.63, 3.8) is 0 Å². The number of carbonyl (C=O) groups is 1. The van der Waals surface area contributed by atoms with E-state index in [9.17, 15) is 18.3 Å². The van der Waals surface area contributed by atoms with Crippen LogP contribution in [0, 0.1) is 0 Å². The lowest BCUT2D eigenvalue weighted by atomic mass is 9.95. The molecule has 2 atom stereocenters. The van der Waals surface area contributed by atoms with Crippen LogP contribution in [0.2, 0.25) is 0 Å². The molecule has 11 heteroatoms. The Kier molecular flexibility index (Phi) is 10.8. The van der Waals surface area contributed by atoms with Gasteiger partial charge in [0.25, 0.3) is 5.91 Å². The Balaban J connectivity index is 1.43. The van der Waals surface area contributed by atoms with E-state index in [1.165, 1.54) is 30.0 Å². The van der Waals surface area contributed by atoms with E-state index < -0.39 is 16.3 Å². The molecule has 3 heterocycles. The number of carbonyl (C=O) groups excluding carboxylic acids is 1. The number of benzene rings is 1. The number of aliphatic hydroxyl groups is 1. The van der Waals surface area contributed by atoms with Crippen molar-refractivity contribution in [1.29, 1.82) is 0 Å². The number of amides is 1. The molecular weight excluding hydrogens is 540 g/mol. The molecule has 1 aromatic heterocycles. The summed E-state index contributed by atoms with van der Waals surface area (Å²) in [6.07, 6.45) is 7.13. The van der Waals surface area contributed by atoms with Crippen LogP contribution < -0.4 is 4.74 Å². The van der Waals surface area contributed by atoms with Crippen LogP contribution in [0.25, 0.3) is 0 Å². The van der Waals surface area contributed by atoms with Crippen molar-refractivity contribution < 1.29 is 32.5 Å². The van der Waals surface area contributed by atoms with Crippen LogP contribution in [0.5, 0.6) is 5.75 Å². The number of sulfonamides is 1. The van der Waals surface area contributed by atoms with E-state index >= 15 is 0 Å². The molecule has 0 spiro atoms. The number of hydrogen-bond donors (Lipinski definition) is 1. The minimum atomic E-state index is -3.86. The topological polar surface area (TPSA) is 106 Å².